The number of hydrogen-bond donors (Lipinski definition) is 1. The predicted molar refractivity (Wildman–Crippen MR) is 119 cm³/mol. The summed E-state index contributed by atoms with van der Waals surface area (Å²) in [6.07, 6.45) is 0. The van der Waals surface area contributed by atoms with Crippen LogP contribution in [0.25, 0.3) is 10.8 Å². The van der Waals surface area contributed by atoms with Crippen molar-refractivity contribution in [1.82, 2.24) is 10.2 Å². The van der Waals surface area contributed by atoms with Crippen molar-refractivity contribution in [2.24, 2.45) is 4.99 Å². The first-order valence-electron chi connectivity index (χ1n) is 10.1. The Kier molecular flexibility index (Phi) is 5.96. The molecule has 0 saturated carbocycles. The molecule has 1 N–H and O–H groups in total. The molecule has 0 unspecified atom stereocenters. The molecule has 1 aliphatic heterocycles. The topological polar surface area (TPSA) is 46.1 Å². The van der Waals surface area contributed by atoms with Gasteiger partial charge in [-0.1, -0.05) is 24.3 Å². The van der Waals surface area contributed by atoms with Crippen molar-refractivity contribution < 1.29 is 9.47 Å². The van der Waals surface area contributed by atoms with Crippen LogP contribution < -0.4 is 14.8 Å². The maximum Gasteiger partial charge on any atom is 0.140 e. The van der Waals surface area contributed by atoms with Crippen molar-refractivity contribution in [2.75, 3.05) is 39.9 Å². The fraction of sp³-hybridized carbons (Fsp3) is 0.292. The van der Waals surface area contributed by atoms with Crippen molar-refractivity contribution in [1.29, 1.82) is 0 Å². The molecule has 0 amide bonds. The molecule has 1 fully saturated rings. The number of nitrogens with one attached hydrogen (secondary N) is 1. The first-order valence-corrected chi connectivity index (χ1v) is 10.1. The lowest BCUT2D eigenvalue weighted by Gasteiger charge is -2.31. The van der Waals surface area contributed by atoms with E-state index >= 15 is 0 Å². The highest BCUT2D eigenvalue weighted by molar-refractivity contribution is 6.06. The maximum atomic E-state index is 5.77. The summed E-state index contributed by atoms with van der Waals surface area (Å²) < 4.78 is 11.3. The smallest absolute Gasteiger partial charge is 0.140 e. The van der Waals surface area contributed by atoms with Crippen LogP contribution in [-0.4, -0.2) is 50.6 Å². The minimum Gasteiger partial charge on any atom is -0.496 e. The van der Waals surface area contributed by atoms with Gasteiger partial charge in [0.15, 0.2) is 0 Å². The van der Waals surface area contributed by atoms with Crippen LogP contribution in [0.2, 0.25) is 0 Å². The second-order valence-corrected chi connectivity index (χ2v) is 7.00. The molecule has 29 heavy (non-hydrogen) atoms. The van der Waals surface area contributed by atoms with Gasteiger partial charge >= 0.3 is 0 Å². The number of rotatable bonds is 5. The Balaban J connectivity index is 1.81. The molecule has 1 aliphatic rings. The third-order valence-corrected chi connectivity index (χ3v) is 5.11. The van der Waals surface area contributed by atoms with Crippen LogP contribution in [-0.2, 0) is 0 Å². The molecule has 0 atom stereocenters. The Bertz CT molecular complexity index is 993. The monoisotopic (exact) mass is 389 g/mol. The zero-order chi connectivity index (χ0) is 20.1. The molecule has 0 spiro atoms. The molecule has 0 bridgehead atoms. The van der Waals surface area contributed by atoms with Gasteiger partial charge in [0.2, 0.25) is 0 Å². The summed E-state index contributed by atoms with van der Waals surface area (Å²) in [4.78, 5) is 7.38. The van der Waals surface area contributed by atoms with Crippen LogP contribution in [0, 0.1) is 0 Å². The van der Waals surface area contributed by atoms with Crippen molar-refractivity contribution in [3.8, 4) is 11.5 Å². The van der Waals surface area contributed by atoms with Gasteiger partial charge in [-0.2, -0.15) is 0 Å². The van der Waals surface area contributed by atoms with E-state index in [1.165, 1.54) is 5.39 Å². The molecule has 3 aromatic carbocycles. The van der Waals surface area contributed by atoms with Crippen molar-refractivity contribution in [3.05, 3.63) is 66.2 Å². The molecule has 0 aromatic heterocycles. The lowest BCUT2D eigenvalue weighted by Crippen LogP contribution is -2.46. The van der Waals surface area contributed by atoms with E-state index in [1.807, 2.05) is 37.3 Å². The lowest BCUT2D eigenvalue weighted by atomic mass is 10.0. The van der Waals surface area contributed by atoms with Gasteiger partial charge in [-0.15, -0.1) is 0 Å². The summed E-state index contributed by atoms with van der Waals surface area (Å²) in [5.74, 6) is 2.64. The van der Waals surface area contributed by atoms with E-state index in [2.05, 4.69) is 40.5 Å². The first kappa shape index (κ1) is 19.3. The van der Waals surface area contributed by atoms with Gasteiger partial charge in [0.1, 0.15) is 17.3 Å². The van der Waals surface area contributed by atoms with E-state index in [9.17, 15) is 0 Å². The first-order chi connectivity index (χ1) is 14.3. The maximum absolute atomic E-state index is 5.77. The fourth-order valence-electron chi connectivity index (χ4n) is 3.65. The van der Waals surface area contributed by atoms with E-state index in [4.69, 9.17) is 14.5 Å². The molecule has 150 valence electrons. The number of aliphatic imine (C=N–C) groups is 1. The van der Waals surface area contributed by atoms with E-state index in [0.29, 0.717) is 6.61 Å². The molecule has 0 aliphatic carbocycles. The number of fused-ring (bicyclic) bond motifs is 1. The van der Waals surface area contributed by atoms with E-state index in [1.54, 1.807) is 7.11 Å². The molecule has 1 heterocycles. The normalized spacial score (nSPS) is 14.8. The summed E-state index contributed by atoms with van der Waals surface area (Å²) >= 11 is 0. The number of hydrogen-bond acceptors (Lipinski definition) is 4. The van der Waals surface area contributed by atoms with E-state index in [-0.39, 0.29) is 0 Å². The fourth-order valence-corrected chi connectivity index (χ4v) is 3.65. The minimum atomic E-state index is 0.656. The molecular weight excluding hydrogens is 362 g/mol. The molecule has 5 heteroatoms. The van der Waals surface area contributed by atoms with Gasteiger partial charge in [0.25, 0.3) is 0 Å². The Labute approximate surface area is 172 Å². The zero-order valence-electron chi connectivity index (χ0n) is 17.0. The van der Waals surface area contributed by atoms with Crippen molar-refractivity contribution in [2.45, 2.75) is 6.92 Å². The largest absolute Gasteiger partial charge is 0.496 e. The molecule has 5 nitrogen and oxygen atoms in total. The number of amidine groups is 1. The predicted octanol–water partition coefficient (Wildman–Crippen LogP) is 4.23. The summed E-state index contributed by atoms with van der Waals surface area (Å²) in [5, 5.41) is 5.76. The lowest BCUT2D eigenvalue weighted by molar-refractivity contribution is 0.340. The van der Waals surface area contributed by atoms with Gasteiger partial charge in [0.05, 0.1) is 25.0 Å². The van der Waals surface area contributed by atoms with Crippen molar-refractivity contribution >= 4 is 22.3 Å². The van der Waals surface area contributed by atoms with Crippen LogP contribution in [0.5, 0.6) is 11.5 Å². The SMILES string of the molecule is CCOc1ccc(N=C(c2cc3ccccc3cc2OC)N2CCNCC2)cc1. The second-order valence-electron chi connectivity index (χ2n) is 7.00. The van der Waals surface area contributed by atoms with Crippen LogP contribution in [0.4, 0.5) is 5.69 Å². The summed E-state index contributed by atoms with van der Waals surface area (Å²) in [6, 6.07) is 20.6. The average molecular weight is 389 g/mol. The quantitative estimate of drug-likeness (QED) is 0.524. The molecule has 4 rings (SSSR count). The van der Waals surface area contributed by atoms with Gasteiger partial charge < -0.3 is 19.7 Å². The highest BCUT2D eigenvalue weighted by Crippen LogP contribution is 2.29. The number of benzene rings is 3. The number of methoxy groups -OCH3 is 1. The van der Waals surface area contributed by atoms with Crippen LogP contribution in [0.1, 0.15) is 12.5 Å². The minimum absolute atomic E-state index is 0.656. The third kappa shape index (κ3) is 4.35. The van der Waals surface area contributed by atoms with Gasteiger partial charge in [-0.3, -0.25) is 0 Å². The van der Waals surface area contributed by atoms with E-state index in [0.717, 1.165) is 60.2 Å². The number of nitrogens with zero attached hydrogens (tertiary/aromatic N) is 2. The second kappa shape index (κ2) is 8.97. The van der Waals surface area contributed by atoms with Crippen molar-refractivity contribution in [3.63, 3.8) is 0 Å². The molecule has 3 aromatic rings. The highest BCUT2D eigenvalue weighted by Gasteiger charge is 2.20. The zero-order valence-corrected chi connectivity index (χ0v) is 17.0. The Morgan fingerprint density at radius 3 is 2.34 bits per heavy atom. The third-order valence-electron chi connectivity index (χ3n) is 5.11. The van der Waals surface area contributed by atoms with Gasteiger partial charge in [0, 0.05) is 26.2 Å². The van der Waals surface area contributed by atoms with Gasteiger partial charge in [-0.05, 0) is 54.1 Å². The van der Waals surface area contributed by atoms with Crippen LogP contribution in [0.15, 0.2) is 65.7 Å². The summed E-state index contributed by atoms with van der Waals surface area (Å²) in [6.45, 7) is 6.34. The Morgan fingerprint density at radius 1 is 1.00 bits per heavy atom. The van der Waals surface area contributed by atoms with E-state index < -0.39 is 0 Å². The summed E-state index contributed by atoms with van der Waals surface area (Å²) in [7, 11) is 1.72. The number of ether oxygens (including phenoxy) is 2. The molecule has 0 radical (unpaired) electrons. The van der Waals surface area contributed by atoms with Crippen LogP contribution >= 0.6 is 0 Å². The summed E-state index contributed by atoms with van der Waals surface area (Å²) in [5.41, 5.74) is 1.92. The molecule has 1 saturated heterocycles. The number of piperazine rings is 1. The van der Waals surface area contributed by atoms with Gasteiger partial charge in [-0.25, -0.2) is 4.99 Å². The Hall–Kier alpha value is -3.05. The highest BCUT2D eigenvalue weighted by atomic mass is 16.5. The average Bonchev–Trinajstić information content (AvgIpc) is 2.78. The molecular formula is C24H27N3O2. The standard InChI is InChI=1S/C24H27N3O2/c1-3-29-21-10-8-20(9-11-21)26-24(27-14-12-25-13-15-27)22-16-18-6-4-5-7-19(18)17-23(22)28-2/h4-11,16-17,25H,3,12-15H2,1-2H3. The Morgan fingerprint density at radius 2 is 1.69 bits per heavy atom. The van der Waals surface area contributed by atoms with Crippen LogP contribution in [0.3, 0.4) is 0 Å².